The molecule has 2 aromatic rings. The highest BCUT2D eigenvalue weighted by molar-refractivity contribution is 5.76. The first kappa shape index (κ1) is 12.8. The molecule has 0 saturated heterocycles. The van der Waals surface area contributed by atoms with Crippen molar-refractivity contribution in [3.05, 3.63) is 30.0 Å². The highest BCUT2D eigenvalue weighted by Gasteiger charge is 2.03. The van der Waals surface area contributed by atoms with Crippen LogP contribution in [0.2, 0.25) is 0 Å². The molecule has 1 heterocycles. The summed E-state index contributed by atoms with van der Waals surface area (Å²) in [5, 5.41) is 6.69. The van der Waals surface area contributed by atoms with E-state index < -0.39 is 0 Å². The summed E-state index contributed by atoms with van der Waals surface area (Å²) in [4.78, 5) is 9.13. The number of hydrogen-bond acceptors (Lipinski definition) is 4. The average Bonchev–Trinajstić information content (AvgIpc) is 2.34. The quantitative estimate of drug-likeness (QED) is 0.793. The Kier molecular flexibility index (Phi) is 4.10. The lowest BCUT2D eigenvalue weighted by atomic mass is 10.3. The van der Waals surface area contributed by atoms with Crippen molar-refractivity contribution < 1.29 is 0 Å². The number of nitrogens with zero attached hydrogens (tertiary/aromatic N) is 2. The van der Waals surface area contributed by atoms with Crippen LogP contribution in [0.4, 0.5) is 5.82 Å². The van der Waals surface area contributed by atoms with E-state index in [0.29, 0.717) is 6.04 Å². The summed E-state index contributed by atoms with van der Waals surface area (Å²) in [7, 11) is 0. The Labute approximate surface area is 108 Å². The minimum Gasteiger partial charge on any atom is -0.367 e. The Morgan fingerprint density at radius 1 is 1.06 bits per heavy atom. The van der Waals surface area contributed by atoms with Gasteiger partial charge in [0.05, 0.1) is 16.7 Å². The molecule has 2 N–H and O–H groups in total. The third-order valence-electron chi connectivity index (χ3n) is 2.71. The lowest BCUT2D eigenvalue weighted by Gasteiger charge is -2.11. The molecule has 0 saturated carbocycles. The molecule has 4 nitrogen and oxygen atoms in total. The molecule has 0 radical (unpaired) electrons. The standard InChI is InChI=1S/C14H20N4/c1-10(2)15-8-9-16-14-11(3)17-12-6-4-5-7-13(12)18-14/h4-7,10,15H,8-9H2,1-3H3,(H,16,18). The van der Waals surface area contributed by atoms with Crippen LogP contribution >= 0.6 is 0 Å². The molecule has 0 unspecified atom stereocenters. The molecule has 18 heavy (non-hydrogen) atoms. The summed E-state index contributed by atoms with van der Waals surface area (Å²) in [5.41, 5.74) is 2.82. The van der Waals surface area contributed by atoms with Crippen LogP contribution in [0.15, 0.2) is 24.3 Å². The van der Waals surface area contributed by atoms with Gasteiger partial charge in [0, 0.05) is 19.1 Å². The summed E-state index contributed by atoms with van der Waals surface area (Å²) < 4.78 is 0. The summed E-state index contributed by atoms with van der Waals surface area (Å²) in [6.07, 6.45) is 0. The maximum atomic E-state index is 4.59. The fourth-order valence-corrected chi connectivity index (χ4v) is 1.80. The molecule has 96 valence electrons. The number of hydrogen-bond donors (Lipinski definition) is 2. The van der Waals surface area contributed by atoms with E-state index in [9.17, 15) is 0 Å². The summed E-state index contributed by atoms with van der Waals surface area (Å²) >= 11 is 0. The van der Waals surface area contributed by atoms with Crippen molar-refractivity contribution in [2.45, 2.75) is 26.8 Å². The molecule has 0 spiro atoms. The molecular formula is C14H20N4. The van der Waals surface area contributed by atoms with Gasteiger partial charge in [0.25, 0.3) is 0 Å². The van der Waals surface area contributed by atoms with E-state index in [1.165, 1.54) is 0 Å². The molecule has 1 aromatic heterocycles. The molecule has 0 atom stereocenters. The van der Waals surface area contributed by atoms with Gasteiger partial charge in [-0.25, -0.2) is 9.97 Å². The SMILES string of the molecule is Cc1nc2ccccc2nc1NCCNC(C)C. The Bertz CT molecular complexity index is 522. The first-order valence-electron chi connectivity index (χ1n) is 6.37. The van der Waals surface area contributed by atoms with E-state index in [1.54, 1.807) is 0 Å². The topological polar surface area (TPSA) is 49.8 Å². The fourth-order valence-electron chi connectivity index (χ4n) is 1.80. The van der Waals surface area contributed by atoms with Gasteiger partial charge < -0.3 is 10.6 Å². The molecule has 0 fully saturated rings. The van der Waals surface area contributed by atoms with E-state index in [4.69, 9.17) is 0 Å². The summed E-state index contributed by atoms with van der Waals surface area (Å²) in [5.74, 6) is 0.874. The molecule has 4 heteroatoms. The van der Waals surface area contributed by atoms with E-state index in [2.05, 4.69) is 34.4 Å². The number of fused-ring (bicyclic) bond motifs is 1. The van der Waals surface area contributed by atoms with Gasteiger partial charge in [-0.15, -0.1) is 0 Å². The smallest absolute Gasteiger partial charge is 0.148 e. The average molecular weight is 244 g/mol. The highest BCUT2D eigenvalue weighted by atomic mass is 15.0. The minimum atomic E-state index is 0.510. The van der Waals surface area contributed by atoms with Gasteiger partial charge in [-0.1, -0.05) is 26.0 Å². The van der Waals surface area contributed by atoms with Gasteiger partial charge in [-0.05, 0) is 19.1 Å². The Balaban J connectivity index is 2.06. The van der Waals surface area contributed by atoms with Gasteiger partial charge in [-0.2, -0.15) is 0 Å². The van der Waals surface area contributed by atoms with Gasteiger partial charge in [-0.3, -0.25) is 0 Å². The number of anilines is 1. The van der Waals surface area contributed by atoms with Crippen LogP contribution in [0, 0.1) is 6.92 Å². The number of aryl methyl sites for hydroxylation is 1. The normalized spacial score (nSPS) is 11.1. The van der Waals surface area contributed by atoms with Crippen LogP contribution < -0.4 is 10.6 Å². The van der Waals surface area contributed by atoms with E-state index >= 15 is 0 Å². The lowest BCUT2D eigenvalue weighted by Crippen LogP contribution is -2.28. The largest absolute Gasteiger partial charge is 0.367 e. The second-order valence-electron chi connectivity index (χ2n) is 4.68. The van der Waals surface area contributed by atoms with Crippen LogP contribution in [0.25, 0.3) is 11.0 Å². The second-order valence-corrected chi connectivity index (χ2v) is 4.68. The molecular weight excluding hydrogens is 224 g/mol. The zero-order valence-electron chi connectivity index (χ0n) is 11.2. The monoisotopic (exact) mass is 244 g/mol. The predicted molar refractivity (Wildman–Crippen MR) is 75.9 cm³/mol. The predicted octanol–water partition coefficient (Wildman–Crippen LogP) is 2.35. The third-order valence-corrected chi connectivity index (χ3v) is 2.71. The molecule has 2 rings (SSSR count). The fraction of sp³-hybridized carbons (Fsp3) is 0.429. The minimum absolute atomic E-state index is 0.510. The zero-order chi connectivity index (χ0) is 13.0. The molecule has 0 aliphatic heterocycles. The molecule has 1 aromatic carbocycles. The van der Waals surface area contributed by atoms with E-state index in [1.807, 2.05) is 31.2 Å². The van der Waals surface area contributed by atoms with Gasteiger partial charge in [0.2, 0.25) is 0 Å². The molecule has 0 aliphatic carbocycles. The van der Waals surface area contributed by atoms with Crippen molar-refractivity contribution in [1.82, 2.24) is 15.3 Å². The van der Waals surface area contributed by atoms with Gasteiger partial charge >= 0.3 is 0 Å². The van der Waals surface area contributed by atoms with Crippen molar-refractivity contribution in [3.63, 3.8) is 0 Å². The number of aromatic nitrogens is 2. The second kappa shape index (κ2) is 5.78. The molecule has 0 bridgehead atoms. The van der Waals surface area contributed by atoms with Crippen LogP contribution in [0.5, 0.6) is 0 Å². The number of rotatable bonds is 5. The first-order valence-corrected chi connectivity index (χ1v) is 6.37. The first-order chi connectivity index (χ1) is 8.66. The van der Waals surface area contributed by atoms with Gasteiger partial charge in [0.15, 0.2) is 0 Å². The third kappa shape index (κ3) is 3.17. The molecule has 0 amide bonds. The number of para-hydroxylation sites is 2. The van der Waals surface area contributed by atoms with Crippen molar-refractivity contribution >= 4 is 16.9 Å². The van der Waals surface area contributed by atoms with Crippen LogP contribution in [-0.4, -0.2) is 29.1 Å². The van der Waals surface area contributed by atoms with Crippen molar-refractivity contribution in [3.8, 4) is 0 Å². The number of benzene rings is 1. The maximum absolute atomic E-state index is 4.59. The van der Waals surface area contributed by atoms with E-state index in [-0.39, 0.29) is 0 Å². The number of nitrogens with one attached hydrogen (secondary N) is 2. The maximum Gasteiger partial charge on any atom is 0.148 e. The van der Waals surface area contributed by atoms with Crippen LogP contribution in [0.1, 0.15) is 19.5 Å². The summed E-state index contributed by atoms with van der Waals surface area (Å²) in [6, 6.07) is 8.45. The Hall–Kier alpha value is -1.68. The van der Waals surface area contributed by atoms with Crippen molar-refractivity contribution in [1.29, 1.82) is 0 Å². The Morgan fingerprint density at radius 3 is 2.39 bits per heavy atom. The van der Waals surface area contributed by atoms with Crippen LogP contribution in [0.3, 0.4) is 0 Å². The zero-order valence-corrected chi connectivity index (χ0v) is 11.2. The summed E-state index contributed by atoms with van der Waals surface area (Å²) in [6.45, 7) is 8.04. The van der Waals surface area contributed by atoms with Crippen molar-refractivity contribution in [2.75, 3.05) is 18.4 Å². The van der Waals surface area contributed by atoms with Crippen molar-refractivity contribution in [2.24, 2.45) is 0 Å². The highest BCUT2D eigenvalue weighted by Crippen LogP contribution is 2.15. The van der Waals surface area contributed by atoms with Crippen LogP contribution in [-0.2, 0) is 0 Å². The van der Waals surface area contributed by atoms with E-state index in [0.717, 1.165) is 35.6 Å². The Morgan fingerprint density at radius 2 is 1.72 bits per heavy atom. The lowest BCUT2D eigenvalue weighted by molar-refractivity contribution is 0.602. The van der Waals surface area contributed by atoms with Gasteiger partial charge in [0.1, 0.15) is 5.82 Å². The molecule has 0 aliphatic rings.